The maximum atomic E-state index is 12.5. The van der Waals surface area contributed by atoms with Crippen molar-refractivity contribution in [2.45, 2.75) is 39.4 Å². The molecule has 0 heterocycles. The highest BCUT2D eigenvalue weighted by atomic mass is 19.4. The highest BCUT2D eigenvalue weighted by Gasteiger charge is 2.30. The van der Waals surface area contributed by atoms with E-state index in [9.17, 15) is 18.0 Å². The summed E-state index contributed by atoms with van der Waals surface area (Å²) in [5.41, 5.74) is -0.776. The number of halogens is 3. The van der Waals surface area contributed by atoms with E-state index < -0.39 is 17.6 Å². The average molecular weight is 273 g/mol. The Morgan fingerprint density at radius 1 is 1.26 bits per heavy atom. The van der Waals surface area contributed by atoms with E-state index in [4.69, 9.17) is 0 Å². The predicted octanol–water partition coefficient (Wildman–Crippen LogP) is 3.87. The fraction of sp³-hybridized carbons (Fsp3) is 0.500. The number of carbonyl (C=O) groups is 1. The Balaban J connectivity index is 2.78. The van der Waals surface area contributed by atoms with E-state index in [1.165, 1.54) is 12.1 Å². The summed E-state index contributed by atoms with van der Waals surface area (Å²) in [6, 6.07) is 4.38. The van der Waals surface area contributed by atoms with Gasteiger partial charge in [0.2, 0.25) is 0 Å². The molecule has 0 unspecified atom stereocenters. The number of hydrogen-bond acceptors (Lipinski definition) is 1. The molecule has 0 aliphatic rings. The molecule has 1 amide bonds. The first-order valence-corrected chi connectivity index (χ1v) is 6.18. The van der Waals surface area contributed by atoms with Crippen molar-refractivity contribution in [1.82, 2.24) is 5.32 Å². The maximum absolute atomic E-state index is 12.5. The highest BCUT2D eigenvalue weighted by molar-refractivity contribution is 5.94. The van der Waals surface area contributed by atoms with Crippen LogP contribution in [0.25, 0.3) is 0 Å². The van der Waals surface area contributed by atoms with Crippen molar-refractivity contribution in [3.63, 3.8) is 0 Å². The molecule has 0 aromatic heterocycles. The lowest BCUT2D eigenvalue weighted by Gasteiger charge is -2.16. The fourth-order valence-electron chi connectivity index (χ4n) is 1.91. The van der Waals surface area contributed by atoms with Gasteiger partial charge in [0, 0.05) is 11.6 Å². The Morgan fingerprint density at radius 2 is 1.89 bits per heavy atom. The fourth-order valence-corrected chi connectivity index (χ4v) is 1.91. The smallest absolute Gasteiger partial charge is 0.350 e. The number of benzene rings is 1. The minimum atomic E-state index is -4.43. The molecule has 0 aliphatic heterocycles. The molecule has 0 aliphatic carbocycles. The third-order valence-corrected chi connectivity index (χ3v) is 2.65. The molecule has 1 rings (SSSR count). The van der Waals surface area contributed by atoms with Crippen molar-refractivity contribution in [1.29, 1.82) is 0 Å². The second-order valence-corrected chi connectivity index (χ2v) is 5.08. The van der Waals surface area contributed by atoms with Gasteiger partial charge < -0.3 is 5.32 Å². The number of amides is 1. The first-order valence-electron chi connectivity index (χ1n) is 6.18. The number of nitrogens with one attached hydrogen (secondary N) is 1. The van der Waals surface area contributed by atoms with Crippen LogP contribution in [-0.2, 0) is 6.18 Å². The third-order valence-electron chi connectivity index (χ3n) is 2.65. The van der Waals surface area contributed by atoms with Crippen LogP contribution in [0.4, 0.5) is 13.2 Å². The van der Waals surface area contributed by atoms with E-state index in [2.05, 4.69) is 5.32 Å². The molecule has 1 aromatic rings. The van der Waals surface area contributed by atoms with Gasteiger partial charge in [0.15, 0.2) is 0 Å². The van der Waals surface area contributed by atoms with Crippen LogP contribution in [0, 0.1) is 5.92 Å². The molecule has 0 spiro atoms. The summed E-state index contributed by atoms with van der Waals surface area (Å²) < 4.78 is 37.6. The van der Waals surface area contributed by atoms with Crippen LogP contribution in [0.3, 0.4) is 0 Å². The minimum Gasteiger partial charge on any atom is -0.350 e. The molecule has 0 saturated heterocycles. The molecule has 0 fully saturated rings. The SMILES string of the molecule is CC(C)C[C@H](C)NC(=O)c1cccc(C(F)(F)F)c1. The third kappa shape index (κ3) is 4.93. The van der Waals surface area contributed by atoms with E-state index in [0.29, 0.717) is 5.92 Å². The van der Waals surface area contributed by atoms with Crippen molar-refractivity contribution >= 4 is 5.91 Å². The Kier molecular flexibility index (Phi) is 4.97. The first kappa shape index (κ1) is 15.5. The summed E-state index contributed by atoms with van der Waals surface area (Å²) in [6.07, 6.45) is -3.65. The van der Waals surface area contributed by atoms with Gasteiger partial charge in [-0.2, -0.15) is 13.2 Å². The van der Waals surface area contributed by atoms with Gasteiger partial charge in [-0.25, -0.2) is 0 Å². The summed E-state index contributed by atoms with van der Waals surface area (Å²) in [5, 5.41) is 2.70. The normalized spacial score (nSPS) is 13.4. The molecule has 1 atom stereocenters. The van der Waals surface area contributed by atoms with Crippen molar-refractivity contribution < 1.29 is 18.0 Å². The average Bonchev–Trinajstić information content (AvgIpc) is 2.26. The predicted molar refractivity (Wildman–Crippen MR) is 67.8 cm³/mol. The Morgan fingerprint density at radius 3 is 2.42 bits per heavy atom. The van der Waals surface area contributed by atoms with Crippen molar-refractivity contribution in [2.75, 3.05) is 0 Å². The summed E-state index contributed by atoms with van der Waals surface area (Å²) in [4.78, 5) is 11.8. The topological polar surface area (TPSA) is 29.1 Å². The van der Waals surface area contributed by atoms with Gasteiger partial charge in [-0.15, -0.1) is 0 Å². The van der Waals surface area contributed by atoms with Gasteiger partial charge in [0.25, 0.3) is 5.91 Å². The number of alkyl halides is 3. The molecule has 5 heteroatoms. The van der Waals surface area contributed by atoms with Gasteiger partial charge >= 0.3 is 6.18 Å². The van der Waals surface area contributed by atoms with Gasteiger partial charge in [-0.1, -0.05) is 19.9 Å². The zero-order chi connectivity index (χ0) is 14.6. The van der Waals surface area contributed by atoms with Gasteiger partial charge in [0.05, 0.1) is 5.56 Å². The highest BCUT2D eigenvalue weighted by Crippen LogP contribution is 2.29. The van der Waals surface area contributed by atoms with Crippen LogP contribution in [0.1, 0.15) is 43.1 Å². The molecule has 0 saturated carbocycles. The summed E-state index contributed by atoms with van der Waals surface area (Å²) in [5.74, 6) is -0.0592. The Labute approximate surface area is 111 Å². The summed E-state index contributed by atoms with van der Waals surface area (Å²) in [7, 11) is 0. The summed E-state index contributed by atoms with van der Waals surface area (Å²) >= 11 is 0. The summed E-state index contributed by atoms with van der Waals surface area (Å²) in [6.45, 7) is 5.88. The zero-order valence-electron chi connectivity index (χ0n) is 11.2. The number of hydrogen-bond donors (Lipinski definition) is 1. The van der Waals surface area contributed by atoms with E-state index in [0.717, 1.165) is 18.6 Å². The van der Waals surface area contributed by atoms with Gasteiger partial charge in [-0.3, -0.25) is 4.79 Å². The largest absolute Gasteiger partial charge is 0.416 e. The number of carbonyl (C=O) groups excluding carboxylic acids is 1. The standard InChI is InChI=1S/C14H18F3NO/c1-9(2)7-10(3)18-13(19)11-5-4-6-12(8-11)14(15,16)17/h4-6,8-10H,7H2,1-3H3,(H,18,19)/t10-/m0/s1. The van der Waals surface area contributed by atoms with E-state index in [1.54, 1.807) is 0 Å². The van der Waals surface area contributed by atoms with Crippen LogP contribution in [0.15, 0.2) is 24.3 Å². The molecular weight excluding hydrogens is 255 g/mol. The van der Waals surface area contributed by atoms with Gasteiger partial charge in [-0.05, 0) is 37.5 Å². The van der Waals surface area contributed by atoms with E-state index >= 15 is 0 Å². The zero-order valence-corrected chi connectivity index (χ0v) is 11.2. The van der Waals surface area contributed by atoms with Crippen molar-refractivity contribution in [3.8, 4) is 0 Å². The van der Waals surface area contributed by atoms with E-state index in [1.807, 2.05) is 20.8 Å². The first-order chi connectivity index (χ1) is 8.70. The lowest BCUT2D eigenvalue weighted by atomic mass is 10.0. The Hall–Kier alpha value is -1.52. The van der Waals surface area contributed by atoms with Crippen molar-refractivity contribution in [2.24, 2.45) is 5.92 Å². The molecular formula is C14H18F3NO. The monoisotopic (exact) mass is 273 g/mol. The quantitative estimate of drug-likeness (QED) is 0.886. The lowest BCUT2D eigenvalue weighted by Crippen LogP contribution is -2.33. The van der Waals surface area contributed by atoms with Crippen LogP contribution < -0.4 is 5.32 Å². The molecule has 2 nitrogen and oxygen atoms in total. The van der Waals surface area contributed by atoms with Crippen LogP contribution in [-0.4, -0.2) is 11.9 Å². The molecule has 0 radical (unpaired) electrons. The van der Waals surface area contributed by atoms with Crippen LogP contribution >= 0.6 is 0 Å². The second-order valence-electron chi connectivity index (χ2n) is 5.08. The lowest BCUT2D eigenvalue weighted by molar-refractivity contribution is -0.137. The minimum absolute atomic E-state index is 0.0328. The van der Waals surface area contributed by atoms with Crippen molar-refractivity contribution in [3.05, 3.63) is 35.4 Å². The number of rotatable bonds is 4. The Bertz CT molecular complexity index is 441. The van der Waals surface area contributed by atoms with Crippen LogP contribution in [0.5, 0.6) is 0 Å². The van der Waals surface area contributed by atoms with Gasteiger partial charge in [0.1, 0.15) is 0 Å². The second kappa shape index (κ2) is 6.08. The maximum Gasteiger partial charge on any atom is 0.416 e. The van der Waals surface area contributed by atoms with Crippen LogP contribution in [0.2, 0.25) is 0 Å². The molecule has 0 bridgehead atoms. The molecule has 19 heavy (non-hydrogen) atoms. The molecule has 1 N–H and O–H groups in total. The van der Waals surface area contributed by atoms with E-state index in [-0.39, 0.29) is 11.6 Å². The molecule has 106 valence electrons. The molecule has 1 aromatic carbocycles.